The summed E-state index contributed by atoms with van der Waals surface area (Å²) in [6.45, 7) is 0.245. The molecule has 0 bridgehead atoms. The van der Waals surface area contributed by atoms with E-state index >= 15 is 0 Å². The molecule has 0 radical (unpaired) electrons. The SMILES string of the molecule is NS(=O)(=O)c1ccc(OC(=O)N(Cc2ccncc2)c2ccc3nc(S)sc3c2)cc1. The van der Waals surface area contributed by atoms with Crippen LogP contribution in [0.5, 0.6) is 5.75 Å². The van der Waals surface area contributed by atoms with Gasteiger partial charge in [0.2, 0.25) is 10.0 Å². The predicted molar refractivity (Wildman–Crippen MR) is 121 cm³/mol. The maximum Gasteiger partial charge on any atom is 0.420 e. The number of pyridine rings is 1. The van der Waals surface area contributed by atoms with Crippen LogP contribution in [0.4, 0.5) is 10.5 Å². The van der Waals surface area contributed by atoms with E-state index < -0.39 is 16.1 Å². The van der Waals surface area contributed by atoms with Crippen molar-refractivity contribution in [3.63, 3.8) is 0 Å². The molecular weight excluding hydrogens is 456 g/mol. The van der Waals surface area contributed by atoms with E-state index in [4.69, 9.17) is 9.88 Å². The molecule has 0 saturated heterocycles. The molecule has 0 spiro atoms. The fourth-order valence-corrected chi connectivity index (χ4v) is 4.51. The Morgan fingerprint density at radius 2 is 1.81 bits per heavy atom. The van der Waals surface area contributed by atoms with Gasteiger partial charge in [0, 0.05) is 18.1 Å². The Kier molecular flexibility index (Phi) is 5.92. The standard InChI is InChI=1S/C20H16N4O4S3/c21-31(26,27)16-4-2-15(3-5-16)28-20(25)24(12-13-7-9-22-10-8-13)14-1-6-17-18(11-14)30-19(29)23-17/h1-11H,12H2,(H,23,29)(H2,21,26,27). The molecule has 2 N–H and O–H groups in total. The zero-order chi connectivity index (χ0) is 22.0. The second-order valence-corrected chi connectivity index (χ2v) is 9.79. The lowest BCUT2D eigenvalue weighted by molar-refractivity contribution is 0.207. The number of carbonyl (C=O) groups is 1. The first kappa shape index (κ1) is 21.2. The number of fused-ring (bicyclic) bond motifs is 1. The molecule has 31 heavy (non-hydrogen) atoms. The van der Waals surface area contributed by atoms with Crippen LogP contribution in [-0.4, -0.2) is 24.5 Å². The number of hydrogen-bond donors (Lipinski definition) is 2. The molecule has 0 atom stereocenters. The van der Waals surface area contributed by atoms with Crippen LogP contribution >= 0.6 is 24.0 Å². The highest BCUT2D eigenvalue weighted by Gasteiger charge is 2.20. The molecule has 0 aliphatic heterocycles. The number of primary sulfonamides is 1. The molecule has 0 aliphatic carbocycles. The third-order valence-corrected chi connectivity index (χ3v) is 6.46. The summed E-state index contributed by atoms with van der Waals surface area (Å²) in [5, 5.41) is 5.11. The highest BCUT2D eigenvalue weighted by atomic mass is 32.2. The molecular formula is C20H16N4O4S3. The average Bonchev–Trinajstić information content (AvgIpc) is 3.11. The van der Waals surface area contributed by atoms with Crippen molar-refractivity contribution in [2.45, 2.75) is 15.8 Å². The molecule has 0 aliphatic rings. The number of anilines is 1. The Balaban J connectivity index is 1.64. The Morgan fingerprint density at radius 3 is 2.48 bits per heavy atom. The van der Waals surface area contributed by atoms with Gasteiger partial charge in [-0.05, 0) is 60.2 Å². The molecule has 0 fully saturated rings. The molecule has 8 nitrogen and oxygen atoms in total. The minimum Gasteiger partial charge on any atom is -0.410 e. The summed E-state index contributed by atoms with van der Waals surface area (Å²) >= 11 is 5.69. The number of carbonyl (C=O) groups excluding carboxylic acids is 1. The summed E-state index contributed by atoms with van der Waals surface area (Å²) in [7, 11) is -3.83. The summed E-state index contributed by atoms with van der Waals surface area (Å²) in [5.41, 5.74) is 2.26. The number of ether oxygens (including phenoxy) is 1. The van der Waals surface area contributed by atoms with Gasteiger partial charge < -0.3 is 4.74 Å². The van der Waals surface area contributed by atoms with Gasteiger partial charge in [-0.15, -0.1) is 24.0 Å². The van der Waals surface area contributed by atoms with Crippen molar-refractivity contribution in [3.8, 4) is 5.75 Å². The van der Waals surface area contributed by atoms with Crippen LogP contribution in [0.25, 0.3) is 10.2 Å². The van der Waals surface area contributed by atoms with E-state index in [1.807, 2.05) is 12.1 Å². The second kappa shape index (κ2) is 8.63. The number of thiol groups is 1. The van der Waals surface area contributed by atoms with Crippen LogP contribution in [0.2, 0.25) is 0 Å². The number of nitrogens with two attached hydrogens (primary N) is 1. The summed E-state index contributed by atoms with van der Waals surface area (Å²) in [4.78, 5) is 22.8. The average molecular weight is 473 g/mol. The lowest BCUT2D eigenvalue weighted by atomic mass is 10.2. The molecule has 2 aromatic heterocycles. The first-order valence-electron chi connectivity index (χ1n) is 8.90. The van der Waals surface area contributed by atoms with E-state index in [2.05, 4.69) is 22.6 Å². The van der Waals surface area contributed by atoms with Crippen LogP contribution in [0.15, 0.2) is 76.2 Å². The van der Waals surface area contributed by atoms with Gasteiger partial charge in [0.1, 0.15) is 10.1 Å². The quantitative estimate of drug-likeness (QED) is 0.427. The van der Waals surface area contributed by atoms with Crippen molar-refractivity contribution < 1.29 is 17.9 Å². The van der Waals surface area contributed by atoms with Gasteiger partial charge >= 0.3 is 6.09 Å². The normalized spacial score (nSPS) is 11.4. The summed E-state index contributed by atoms with van der Waals surface area (Å²) in [6, 6.07) is 14.4. The first-order chi connectivity index (χ1) is 14.8. The lowest BCUT2D eigenvalue weighted by Gasteiger charge is -2.22. The smallest absolute Gasteiger partial charge is 0.410 e. The Labute approximate surface area is 187 Å². The largest absolute Gasteiger partial charge is 0.420 e. The number of amides is 1. The van der Waals surface area contributed by atoms with E-state index in [-0.39, 0.29) is 17.2 Å². The minimum absolute atomic E-state index is 0.0702. The molecule has 11 heteroatoms. The third-order valence-electron chi connectivity index (χ3n) is 4.34. The summed E-state index contributed by atoms with van der Waals surface area (Å²) in [6.07, 6.45) is 2.66. The molecule has 2 heterocycles. The zero-order valence-electron chi connectivity index (χ0n) is 15.9. The molecule has 0 saturated carbocycles. The predicted octanol–water partition coefficient (Wildman–Crippen LogP) is 3.83. The number of benzene rings is 2. The van der Waals surface area contributed by atoms with Gasteiger partial charge in [0.25, 0.3) is 0 Å². The van der Waals surface area contributed by atoms with Gasteiger partial charge in [-0.1, -0.05) is 0 Å². The van der Waals surface area contributed by atoms with Crippen molar-refractivity contribution >= 4 is 56.0 Å². The maximum absolute atomic E-state index is 13.1. The maximum atomic E-state index is 13.1. The van der Waals surface area contributed by atoms with Gasteiger partial charge in [-0.2, -0.15) is 0 Å². The van der Waals surface area contributed by atoms with Crippen LogP contribution in [-0.2, 0) is 16.6 Å². The lowest BCUT2D eigenvalue weighted by Crippen LogP contribution is -2.33. The number of aromatic nitrogens is 2. The Hall–Kier alpha value is -2.99. The monoisotopic (exact) mass is 472 g/mol. The van der Waals surface area contributed by atoms with E-state index in [0.717, 1.165) is 15.8 Å². The Morgan fingerprint density at radius 1 is 1.10 bits per heavy atom. The van der Waals surface area contributed by atoms with Crippen LogP contribution < -0.4 is 14.8 Å². The number of hydrogen-bond acceptors (Lipinski definition) is 8. The van der Waals surface area contributed by atoms with Crippen molar-refractivity contribution in [2.75, 3.05) is 4.90 Å². The van der Waals surface area contributed by atoms with Gasteiger partial charge in [0.05, 0.1) is 21.7 Å². The van der Waals surface area contributed by atoms with Crippen molar-refractivity contribution in [1.82, 2.24) is 9.97 Å². The van der Waals surface area contributed by atoms with Gasteiger partial charge in [-0.3, -0.25) is 9.88 Å². The van der Waals surface area contributed by atoms with Crippen molar-refractivity contribution in [3.05, 3.63) is 72.6 Å². The topological polar surface area (TPSA) is 115 Å². The third kappa shape index (κ3) is 5.02. The fraction of sp³-hybridized carbons (Fsp3) is 0.0500. The Bertz CT molecular complexity index is 1340. The highest BCUT2D eigenvalue weighted by molar-refractivity contribution is 7.89. The van der Waals surface area contributed by atoms with Crippen LogP contribution in [0.1, 0.15) is 5.56 Å². The number of nitrogens with zero attached hydrogens (tertiary/aromatic N) is 3. The zero-order valence-corrected chi connectivity index (χ0v) is 18.4. The van der Waals surface area contributed by atoms with Crippen LogP contribution in [0.3, 0.4) is 0 Å². The minimum atomic E-state index is -3.83. The molecule has 158 valence electrons. The molecule has 4 rings (SSSR count). The summed E-state index contributed by atoms with van der Waals surface area (Å²) in [5.74, 6) is 0.189. The van der Waals surface area contributed by atoms with Crippen molar-refractivity contribution in [2.24, 2.45) is 5.14 Å². The number of thiazole rings is 1. The molecule has 1 amide bonds. The number of sulfonamides is 1. The first-order valence-corrected chi connectivity index (χ1v) is 11.7. The highest BCUT2D eigenvalue weighted by Crippen LogP contribution is 2.30. The van der Waals surface area contributed by atoms with Crippen LogP contribution in [0, 0.1) is 0 Å². The fourth-order valence-electron chi connectivity index (χ4n) is 2.85. The summed E-state index contributed by atoms with van der Waals surface area (Å²) < 4.78 is 29.8. The van der Waals surface area contributed by atoms with Crippen molar-refractivity contribution in [1.29, 1.82) is 0 Å². The molecule has 4 aromatic rings. The van der Waals surface area contributed by atoms with E-state index in [9.17, 15) is 13.2 Å². The number of rotatable bonds is 5. The van der Waals surface area contributed by atoms with E-state index in [1.165, 1.54) is 40.5 Å². The van der Waals surface area contributed by atoms with E-state index in [0.29, 0.717) is 10.0 Å². The van der Waals surface area contributed by atoms with Gasteiger partial charge in [0.15, 0.2) is 0 Å². The second-order valence-electron chi connectivity index (χ2n) is 6.47. The molecule has 2 aromatic carbocycles. The van der Waals surface area contributed by atoms with Gasteiger partial charge in [-0.25, -0.2) is 23.3 Å². The van der Waals surface area contributed by atoms with E-state index in [1.54, 1.807) is 30.6 Å². The molecule has 0 unspecified atom stereocenters.